The van der Waals surface area contributed by atoms with E-state index >= 15 is 0 Å². The first-order chi connectivity index (χ1) is 11.9. The predicted molar refractivity (Wildman–Crippen MR) is 96.2 cm³/mol. The summed E-state index contributed by atoms with van der Waals surface area (Å²) in [6.07, 6.45) is 4.03. The van der Waals surface area contributed by atoms with Gasteiger partial charge in [0.25, 0.3) is 0 Å². The second-order valence-electron chi connectivity index (χ2n) is 7.83. The van der Waals surface area contributed by atoms with Crippen molar-refractivity contribution < 1.29 is 9.32 Å². The fourth-order valence-electron chi connectivity index (χ4n) is 3.28. The molecule has 5 heteroatoms. The zero-order valence-corrected chi connectivity index (χ0v) is 15.4. The van der Waals surface area contributed by atoms with Crippen LogP contribution < -0.4 is 0 Å². The molecule has 1 aromatic carbocycles. The number of carbonyl (C=O) groups excluding carboxylic acids is 1. The van der Waals surface area contributed by atoms with E-state index < -0.39 is 0 Å². The van der Waals surface area contributed by atoms with Crippen molar-refractivity contribution in [1.82, 2.24) is 15.0 Å². The molecule has 1 aliphatic heterocycles. The average Bonchev–Trinajstić information content (AvgIpc) is 3.22. The normalized spacial score (nSPS) is 17.9. The van der Waals surface area contributed by atoms with Crippen molar-refractivity contribution in [3.63, 3.8) is 0 Å². The van der Waals surface area contributed by atoms with Gasteiger partial charge in [-0.15, -0.1) is 0 Å². The molecule has 2 heterocycles. The zero-order valence-electron chi connectivity index (χ0n) is 15.4. The van der Waals surface area contributed by atoms with Gasteiger partial charge in [0.05, 0.1) is 0 Å². The van der Waals surface area contributed by atoms with Crippen molar-refractivity contribution in [2.45, 2.75) is 64.3 Å². The largest absolute Gasteiger partial charge is 0.339 e. The summed E-state index contributed by atoms with van der Waals surface area (Å²) < 4.78 is 5.29. The van der Waals surface area contributed by atoms with E-state index in [-0.39, 0.29) is 11.3 Å². The topological polar surface area (TPSA) is 59.2 Å². The Bertz CT molecular complexity index is 703. The molecule has 1 saturated heterocycles. The van der Waals surface area contributed by atoms with E-state index in [4.69, 9.17) is 4.52 Å². The van der Waals surface area contributed by atoms with Crippen LogP contribution in [-0.4, -0.2) is 33.5 Å². The summed E-state index contributed by atoms with van der Waals surface area (Å²) >= 11 is 0. The molecule has 0 spiro atoms. The number of benzene rings is 1. The summed E-state index contributed by atoms with van der Waals surface area (Å²) in [5.74, 6) is 1.43. The summed E-state index contributed by atoms with van der Waals surface area (Å²) in [6, 6.07) is 10.7. The zero-order chi connectivity index (χ0) is 17.9. The van der Waals surface area contributed by atoms with E-state index in [2.05, 4.69) is 34.4 Å². The first-order valence-electron chi connectivity index (χ1n) is 9.10. The highest BCUT2D eigenvalue weighted by Crippen LogP contribution is 2.23. The van der Waals surface area contributed by atoms with Crippen LogP contribution >= 0.6 is 0 Å². The molecule has 0 radical (unpaired) electrons. The van der Waals surface area contributed by atoms with Crippen LogP contribution in [0.25, 0.3) is 0 Å². The van der Waals surface area contributed by atoms with Crippen LogP contribution in [-0.2, 0) is 23.1 Å². The van der Waals surface area contributed by atoms with Crippen molar-refractivity contribution in [3.05, 3.63) is 47.6 Å². The van der Waals surface area contributed by atoms with Crippen LogP contribution in [0.3, 0.4) is 0 Å². The number of aryl methyl sites for hydroxylation is 1. The van der Waals surface area contributed by atoms with E-state index in [1.807, 2.05) is 31.7 Å². The van der Waals surface area contributed by atoms with E-state index in [1.54, 1.807) is 0 Å². The highest BCUT2D eigenvalue weighted by Gasteiger charge is 2.29. The molecular formula is C20H27N3O2. The molecule has 5 nitrogen and oxygen atoms in total. The van der Waals surface area contributed by atoms with Gasteiger partial charge >= 0.3 is 0 Å². The van der Waals surface area contributed by atoms with Gasteiger partial charge in [0.2, 0.25) is 11.8 Å². The van der Waals surface area contributed by atoms with E-state index in [0.29, 0.717) is 30.6 Å². The lowest BCUT2D eigenvalue weighted by Gasteiger charge is -2.24. The molecule has 1 aromatic heterocycles. The summed E-state index contributed by atoms with van der Waals surface area (Å²) in [5.41, 5.74) is 1.15. The fraction of sp³-hybridized carbons (Fsp3) is 0.550. The predicted octanol–water partition coefficient (Wildman–Crippen LogP) is 3.53. The minimum atomic E-state index is -0.137. The van der Waals surface area contributed by atoms with Crippen LogP contribution in [0.5, 0.6) is 0 Å². The van der Waals surface area contributed by atoms with Gasteiger partial charge in [-0.25, -0.2) is 0 Å². The van der Waals surface area contributed by atoms with E-state index in [9.17, 15) is 4.79 Å². The standard InChI is InChI=1S/C20H27N3O2/c1-20(2,3)19-21-17(25-22-19)11-12-18(24)23-13-7-10-16(23)14-15-8-5-4-6-9-15/h4-6,8-9,16H,7,10-14H2,1-3H3. The lowest BCUT2D eigenvalue weighted by Crippen LogP contribution is -2.36. The average molecular weight is 341 g/mol. The molecule has 0 saturated carbocycles. The summed E-state index contributed by atoms with van der Waals surface area (Å²) in [4.78, 5) is 19.1. The molecule has 0 aliphatic carbocycles. The molecule has 1 fully saturated rings. The maximum Gasteiger partial charge on any atom is 0.227 e. The highest BCUT2D eigenvalue weighted by atomic mass is 16.5. The second kappa shape index (κ2) is 7.38. The number of rotatable bonds is 5. The molecule has 0 bridgehead atoms. The SMILES string of the molecule is CC(C)(C)c1noc(CCC(=O)N2CCCC2Cc2ccccc2)n1. The van der Waals surface area contributed by atoms with Gasteiger partial charge in [-0.1, -0.05) is 56.3 Å². The maximum atomic E-state index is 12.7. The third-order valence-electron chi connectivity index (χ3n) is 4.70. The highest BCUT2D eigenvalue weighted by molar-refractivity contribution is 5.77. The Morgan fingerprint density at radius 1 is 1.28 bits per heavy atom. The Morgan fingerprint density at radius 2 is 2.04 bits per heavy atom. The molecule has 134 valence electrons. The third kappa shape index (κ3) is 4.47. The summed E-state index contributed by atoms with van der Waals surface area (Å²) in [6.45, 7) is 7.00. The molecule has 1 amide bonds. The number of aromatic nitrogens is 2. The van der Waals surface area contributed by atoms with E-state index in [0.717, 1.165) is 25.8 Å². The lowest BCUT2D eigenvalue weighted by molar-refractivity contribution is -0.132. The molecule has 1 atom stereocenters. The van der Waals surface area contributed by atoms with Gasteiger partial charge < -0.3 is 9.42 Å². The molecule has 2 aromatic rings. The monoisotopic (exact) mass is 341 g/mol. The molecule has 25 heavy (non-hydrogen) atoms. The van der Waals surface area contributed by atoms with Crippen molar-refractivity contribution in [2.24, 2.45) is 0 Å². The number of carbonyl (C=O) groups is 1. The maximum absolute atomic E-state index is 12.7. The number of nitrogens with zero attached hydrogens (tertiary/aromatic N) is 3. The van der Waals surface area contributed by atoms with Crippen LogP contribution in [0.15, 0.2) is 34.9 Å². The Morgan fingerprint density at radius 3 is 2.72 bits per heavy atom. The van der Waals surface area contributed by atoms with Crippen molar-refractivity contribution in [3.8, 4) is 0 Å². The minimum absolute atomic E-state index is 0.137. The molecule has 0 N–H and O–H groups in total. The Balaban J connectivity index is 1.56. The van der Waals surface area contributed by atoms with Crippen LogP contribution in [0.2, 0.25) is 0 Å². The number of hydrogen-bond donors (Lipinski definition) is 0. The Kier molecular flexibility index (Phi) is 5.21. The van der Waals surface area contributed by atoms with Gasteiger partial charge in [-0.2, -0.15) is 4.98 Å². The minimum Gasteiger partial charge on any atom is -0.339 e. The lowest BCUT2D eigenvalue weighted by atomic mass is 9.96. The van der Waals surface area contributed by atoms with Gasteiger partial charge in [0.15, 0.2) is 5.82 Å². The van der Waals surface area contributed by atoms with Crippen molar-refractivity contribution in [1.29, 1.82) is 0 Å². The number of hydrogen-bond acceptors (Lipinski definition) is 4. The van der Waals surface area contributed by atoms with Crippen LogP contribution in [0.4, 0.5) is 0 Å². The molecule has 3 rings (SSSR count). The van der Waals surface area contributed by atoms with Gasteiger partial charge in [0, 0.05) is 30.8 Å². The van der Waals surface area contributed by atoms with Crippen LogP contribution in [0, 0.1) is 0 Å². The third-order valence-corrected chi connectivity index (χ3v) is 4.70. The number of likely N-dealkylation sites (tertiary alicyclic amines) is 1. The summed E-state index contributed by atoms with van der Waals surface area (Å²) in [7, 11) is 0. The van der Waals surface area contributed by atoms with E-state index in [1.165, 1.54) is 5.56 Å². The summed E-state index contributed by atoms with van der Waals surface area (Å²) in [5, 5.41) is 4.02. The first-order valence-corrected chi connectivity index (χ1v) is 9.10. The molecule has 1 aliphatic rings. The quantitative estimate of drug-likeness (QED) is 0.835. The smallest absolute Gasteiger partial charge is 0.227 e. The fourth-order valence-corrected chi connectivity index (χ4v) is 3.28. The Hall–Kier alpha value is -2.17. The van der Waals surface area contributed by atoms with Gasteiger partial charge in [0.1, 0.15) is 0 Å². The Labute approximate surface area is 149 Å². The van der Waals surface area contributed by atoms with Gasteiger partial charge in [-0.3, -0.25) is 4.79 Å². The van der Waals surface area contributed by atoms with Crippen molar-refractivity contribution >= 4 is 5.91 Å². The molecule has 1 unspecified atom stereocenters. The first kappa shape index (κ1) is 17.6. The molecular weight excluding hydrogens is 314 g/mol. The second-order valence-corrected chi connectivity index (χ2v) is 7.83. The van der Waals surface area contributed by atoms with Crippen molar-refractivity contribution in [2.75, 3.05) is 6.54 Å². The van der Waals surface area contributed by atoms with Gasteiger partial charge in [-0.05, 0) is 24.8 Å². The van der Waals surface area contributed by atoms with Crippen LogP contribution in [0.1, 0.15) is 57.3 Å². The number of amides is 1.